The van der Waals surface area contributed by atoms with Crippen molar-refractivity contribution in [1.29, 1.82) is 0 Å². The number of halogens is 3. The average Bonchev–Trinajstić information content (AvgIpc) is 1.69. The van der Waals surface area contributed by atoms with Gasteiger partial charge in [0.2, 0.25) is 0 Å². The van der Waals surface area contributed by atoms with E-state index in [2.05, 4.69) is 37.2 Å². The van der Waals surface area contributed by atoms with Gasteiger partial charge < -0.3 is 5.11 Å². The second kappa shape index (κ2) is 22.5. The molecule has 0 aliphatic carbocycles. The first kappa shape index (κ1) is 17.1. The fraction of sp³-hybridized carbons (Fsp3) is 1.00. The van der Waals surface area contributed by atoms with Crippen LogP contribution in [0.3, 0.4) is 0 Å². The molecule has 0 atom stereocenters. The van der Waals surface area contributed by atoms with E-state index in [9.17, 15) is 0 Å². The van der Waals surface area contributed by atoms with Crippen molar-refractivity contribution >= 4 is 37.2 Å². The molecule has 0 aromatic rings. The summed E-state index contributed by atoms with van der Waals surface area (Å²) in [4.78, 5) is 0. The molecule has 0 heterocycles. The van der Waals surface area contributed by atoms with E-state index < -0.39 is 0 Å². The monoisotopic (exact) mass is 489 g/mol. The van der Waals surface area contributed by atoms with Gasteiger partial charge in [-0.25, -0.2) is 0 Å². The molecule has 0 amide bonds. The van der Waals surface area contributed by atoms with Gasteiger partial charge in [-0.1, -0.05) is 6.92 Å². The molecule has 0 aromatic heterocycles. The average molecular weight is 489 g/mol. The summed E-state index contributed by atoms with van der Waals surface area (Å²) in [6.07, 6.45) is 0.875. The SMILES string of the molecule is CCCO.I[I-]I.[Ti]. The molecule has 0 aromatic carbocycles. The molecule has 0 aliphatic heterocycles. The van der Waals surface area contributed by atoms with E-state index in [1.807, 2.05) is 6.92 Å². The number of hydrogen-bond acceptors (Lipinski definition) is 1. The van der Waals surface area contributed by atoms with E-state index in [-0.39, 0.29) is 21.7 Å². The van der Waals surface area contributed by atoms with Crippen LogP contribution in [0.5, 0.6) is 0 Å². The Morgan fingerprint density at radius 2 is 1.62 bits per heavy atom. The number of aliphatic hydroxyl groups is 1. The smallest absolute Gasteiger partial charge is 0 e. The maximum Gasteiger partial charge on any atom is 0 e. The molecular formula is C3H8I3OTi-. The topological polar surface area (TPSA) is 20.2 Å². The van der Waals surface area contributed by atoms with E-state index in [0.29, 0.717) is 19.9 Å². The molecule has 0 radical (unpaired) electrons. The third-order valence-electron chi connectivity index (χ3n) is 0.224. The second-order valence-electron chi connectivity index (χ2n) is 0.778. The van der Waals surface area contributed by atoms with Gasteiger partial charge in [0.1, 0.15) is 0 Å². The molecule has 0 bridgehead atoms. The predicted octanol–water partition coefficient (Wildman–Crippen LogP) is -0.838. The zero-order chi connectivity index (χ0) is 6.12. The van der Waals surface area contributed by atoms with Crippen LogP contribution in [0, 0.1) is 0 Å². The van der Waals surface area contributed by atoms with Crippen molar-refractivity contribution in [3.05, 3.63) is 0 Å². The van der Waals surface area contributed by atoms with Gasteiger partial charge in [-0.3, -0.25) is 0 Å². The predicted molar refractivity (Wildman–Crippen MR) is 45.4 cm³/mol. The van der Waals surface area contributed by atoms with Crippen molar-refractivity contribution in [2.75, 3.05) is 6.61 Å². The molecule has 0 saturated carbocycles. The molecule has 1 N–H and O–H groups in total. The first-order valence-electron chi connectivity index (χ1n) is 1.81. The van der Waals surface area contributed by atoms with Gasteiger partial charge in [-0.15, -0.1) is 0 Å². The Hall–Kier alpha value is 2.86. The minimum Gasteiger partial charge on any atom is 0 e. The molecule has 0 spiro atoms. The van der Waals surface area contributed by atoms with E-state index in [4.69, 9.17) is 5.11 Å². The van der Waals surface area contributed by atoms with Crippen molar-refractivity contribution in [2.24, 2.45) is 0 Å². The zero-order valence-corrected chi connectivity index (χ0v) is 12.5. The Morgan fingerprint density at radius 1 is 1.50 bits per heavy atom. The molecule has 8 heavy (non-hydrogen) atoms. The van der Waals surface area contributed by atoms with E-state index in [0.717, 1.165) is 6.42 Å². The van der Waals surface area contributed by atoms with E-state index in [1.54, 1.807) is 0 Å². The van der Waals surface area contributed by atoms with E-state index >= 15 is 0 Å². The summed E-state index contributed by atoms with van der Waals surface area (Å²) in [7, 11) is 0. The Kier molecular flexibility index (Phi) is 48.2. The maximum atomic E-state index is 7.88. The van der Waals surface area contributed by atoms with Crippen molar-refractivity contribution < 1.29 is 40.1 Å². The van der Waals surface area contributed by atoms with E-state index in [1.165, 1.54) is 0 Å². The summed E-state index contributed by atoms with van der Waals surface area (Å²) >= 11 is 5.30. The van der Waals surface area contributed by atoms with Crippen molar-refractivity contribution in [3.8, 4) is 0 Å². The zero-order valence-electron chi connectivity index (χ0n) is 4.50. The largest absolute Gasteiger partial charge is 0 e. The van der Waals surface area contributed by atoms with Crippen LogP contribution < -0.4 is 13.3 Å². The number of aliphatic hydroxyl groups excluding tert-OH is 1. The van der Waals surface area contributed by atoms with Crippen molar-refractivity contribution in [2.45, 2.75) is 13.3 Å². The Labute approximate surface area is 95.3 Å². The number of hydrogen-bond donors (Lipinski definition) is 1. The van der Waals surface area contributed by atoms with Gasteiger partial charge in [0.25, 0.3) is 0 Å². The second-order valence-corrected chi connectivity index (χ2v) is 17.0. The molecule has 0 saturated heterocycles. The van der Waals surface area contributed by atoms with Crippen LogP contribution in [-0.2, 0) is 21.7 Å². The quantitative estimate of drug-likeness (QED) is 0.377. The van der Waals surface area contributed by atoms with Gasteiger partial charge in [0.15, 0.2) is 0 Å². The summed E-state index contributed by atoms with van der Waals surface area (Å²) in [6, 6.07) is 0. The molecule has 5 heteroatoms. The normalized spacial score (nSPS) is 6.50. The van der Waals surface area contributed by atoms with Crippen LogP contribution in [0.4, 0.5) is 0 Å². The third kappa shape index (κ3) is 36.7. The fourth-order valence-electron chi connectivity index (χ4n) is 0. The first-order chi connectivity index (χ1) is 3.33. The molecular weight excluding hydrogens is 481 g/mol. The van der Waals surface area contributed by atoms with Crippen LogP contribution >= 0.6 is 37.2 Å². The van der Waals surface area contributed by atoms with Gasteiger partial charge in [-0.2, -0.15) is 0 Å². The molecule has 52 valence electrons. The Morgan fingerprint density at radius 3 is 1.62 bits per heavy atom. The van der Waals surface area contributed by atoms with Crippen molar-refractivity contribution in [3.63, 3.8) is 0 Å². The van der Waals surface area contributed by atoms with Crippen LogP contribution in [-0.4, -0.2) is 11.7 Å². The molecule has 0 rings (SSSR count). The van der Waals surface area contributed by atoms with Crippen LogP contribution in [0.2, 0.25) is 0 Å². The third-order valence-corrected chi connectivity index (χ3v) is 0.224. The first-order valence-corrected chi connectivity index (χ1v) is 14.4. The fourth-order valence-corrected chi connectivity index (χ4v) is 0. The van der Waals surface area contributed by atoms with Gasteiger partial charge in [0.05, 0.1) is 0 Å². The van der Waals surface area contributed by atoms with Gasteiger partial charge >= 0.3 is 50.5 Å². The Bertz CT molecular complexity index is 22.0. The standard InChI is InChI=1S/C3H8O.I3.Ti/c1-2-3-4;1-3-2;/h4H,2-3H2,1H3;;/q;-1;. The summed E-state index contributed by atoms with van der Waals surface area (Å²) in [5, 5.41) is 7.88. The summed E-state index contributed by atoms with van der Waals surface area (Å²) < 4.78 is 0. The molecule has 0 unspecified atom stereocenters. The molecule has 0 aliphatic rings. The maximum absolute atomic E-state index is 7.88. The molecule has 0 fully saturated rings. The van der Waals surface area contributed by atoms with Crippen LogP contribution in [0.15, 0.2) is 0 Å². The van der Waals surface area contributed by atoms with Gasteiger partial charge in [-0.05, 0) is 6.42 Å². The summed E-state index contributed by atoms with van der Waals surface area (Å²) in [5.74, 6) is 0. The van der Waals surface area contributed by atoms with Crippen molar-refractivity contribution in [1.82, 2.24) is 0 Å². The minimum absolute atomic E-state index is 0. The van der Waals surface area contributed by atoms with Crippen LogP contribution in [0.25, 0.3) is 0 Å². The van der Waals surface area contributed by atoms with Crippen LogP contribution in [0.1, 0.15) is 13.3 Å². The summed E-state index contributed by atoms with van der Waals surface area (Å²) in [6.45, 7) is 2.25. The minimum atomic E-state index is 0. The van der Waals surface area contributed by atoms with Gasteiger partial charge in [0, 0.05) is 28.3 Å². The molecule has 1 nitrogen and oxygen atoms in total. The Balaban J connectivity index is -0.0000000575. The summed E-state index contributed by atoms with van der Waals surface area (Å²) in [5.41, 5.74) is 0. The number of rotatable bonds is 1.